The van der Waals surface area contributed by atoms with Crippen LogP contribution in [-0.2, 0) is 29.1 Å². The van der Waals surface area contributed by atoms with Crippen LogP contribution < -0.4 is 24.8 Å². The van der Waals surface area contributed by atoms with Gasteiger partial charge in [-0.15, -0.1) is 0 Å². The minimum Gasteiger partial charge on any atom is -0.497 e. The molecular formula is C38H49F3N6O9S. The van der Waals surface area contributed by atoms with Crippen molar-refractivity contribution in [3.8, 4) is 11.6 Å². The largest absolute Gasteiger partial charge is 0.497 e. The van der Waals surface area contributed by atoms with Crippen LogP contribution in [0.2, 0.25) is 0 Å². The Morgan fingerprint density at radius 1 is 1.11 bits per heavy atom. The highest BCUT2D eigenvalue weighted by Gasteiger charge is 2.62. The summed E-state index contributed by atoms with van der Waals surface area (Å²) in [7, 11) is -2.48. The van der Waals surface area contributed by atoms with Gasteiger partial charge in [0.25, 0.3) is 5.91 Å². The van der Waals surface area contributed by atoms with Gasteiger partial charge >= 0.3 is 12.3 Å². The van der Waals surface area contributed by atoms with Gasteiger partial charge in [-0.05, 0) is 76.3 Å². The van der Waals surface area contributed by atoms with E-state index in [0.29, 0.717) is 69.0 Å². The van der Waals surface area contributed by atoms with E-state index in [-0.39, 0.29) is 31.2 Å². The summed E-state index contributed by atoms with van der Waals surface area (Å²) in [6.07, 6.45) is 0.370. The number of hydrogen-bond donors (Lipinski definition) is 3. The van der Waals surface area contributed by atoms with Crippen LogP contribution in [0, 0.1) is 17.8 Å². The first-order chi connectivity index (χ1) is 26.8. The summed E-state index contributed by atoms with van der Waals surface area (Å²) >= 11 is 0. The van der Waals surface area contributed by atoms with Gasteiger partial charge in [0.2, 0.25) is 33.3 Å². The number of alkyl halides is 3. The molecule has 1 aromatic heterocycles. The molecule has 2 aliphatic heterocycles. The third-order valence-electron chi connectivity index (χ3n) is 11.4. The number of amides is 4. The number of aromatic nitrogens is 2. The third kappa shape index (κ3) is 9.07. The number of rotatable bonds is 9. The molecule has 4 aliphatic rings. The Morgan fingerprint density at radius 3 is 2.51 bits per heavy atom. The number of hydrogen-bond acceptors (Lipinski definition) is 11. The van der Waals surface area contributed by atoms with Crippen LogP contribution in [0.15, 0.2) is 36.7 Å². The van der Waals surface area contributed by atoms with Gasteiger partial charge in [0.15, 0.2) is 0 Å². The molecule has 2 aromatic rings. The van der Waals surface area contributed by atoms with Gasteiger partial charge in [0, 0.05) is 18.4 Å². The maximum atomic E-state index is 14.8. The van der Waals surface area contributed by atoms with Crippen LogP contribution in [0.3, 0.4) is 0 Å². The molecule has 0 spiro atoms. The molecule has 19 heteroatoms. The summed E-state index contributed by atoms with van der Waals surface area (Å²) in [4.78, 5) is 66.0. The summed E-state index contributed by atoms with van der Waals surface area (Å²) in [5, 5.41) is 5.01. The number of alkyl carbamates (subject to hydrolysis) is 1. The Bertz CT molecular complexity index is 2030. The molecule has 7 atom stereocenters. The van der Waals surface area contributed by atoms with Gasteiger partial charge in [-0.2, -0.15) is 13.2 Å². The van der Waals surface area contributed by atoms with Crippen molar-refractivity contribution in [1.29, 1.82) is 0 Å². The quantitative estimate of drug-likeness (QED) is 0.305. The number of allylic oxidation sites excluding steroid dienone is 1. The molecule has 1 aromatic carbocycles. The van der Waals surface area contributed by atoms with Crippen molar-refractivity contribution in [1.82, 2.24) is 30.2 Å². The molecule has 6 rings (SSSR count). The van der Waals surface area contributed by atoms with Crippen LogP contribution in [-0.4, -0.2) is 102 Å². The predicted octanol–water partition coefficient (Wildman–Crippen LogP) is 4.31. The van der Waals surface area contributed by atoms with Crippen LogP contribution in [0.4, 0.5) is 18.0 Å². The van der Waals surface area contributed by atoms with Crippen molar-refractivity contribution >= 4 is 44.7 Å². The van der Waals surface area contributed by atoms with Gasteiger partial charge < -0.3 is 29.7 Å². The van der Waals surface area contributed by atoms with E-state index in [4.69, 9.17) is 14.2 Å². The summed E-state index contributed by atoms with van der Waals surface area (Å²) in [6.45, 7) is 4.92. The van der Waals surface area contributed by atoms with E-state index in [0.717, 1.165) is 0 Å². The Labute approximate surface area is 328 Å². The normalized spacial score (nSPS) is 28.6. The van der Waals surface area contributed by atoms with E-state index in [1.54, 1.807) is 31.2 Å². The van der Waals surface area contributed by atoms with Crippen molar-refractivity contribution in [2.24, 2.45) is 17.8 Å². The van der Waals surface area contributed by atoms with Crippen LogP contribution >= 0.6 is 0 Å². The lowest BCUT2D eigenvalue weighted by molar-refractivity contribution is -0.244. The van der Waals surface area contributed by atoms with E-state index < -0.39 is 86.4 Å². The fourth-order valence-electron chi connectivity index (χ4n) is 7.55. The average Bonchev–Trinajstić information content (AvgIpc) is 4.07. The number of ether oxygens (including phenoxy) is 3. The lowest BCUT2D eigenvalue weighted by Gasteiger charge is -2.35. The lowest BCUT2D eigenvalue weighted by atomic mass is 9.85. The first-order valence-electron chi connectivity index (χ1n) is 19.2. The summed E-state index contributed by atoms with van der Waals surface area (Å²) in [5.41, 5.74) is -4.02. The third-order valence-corrected chi connectivity index (χ3v) is 13.2. The van der Waals surface area contributed by atoms with E-state index in [1.165, 1.54) is 18.3 Å². The monoisotopic (exact) mass is 822 g/mol. The fraction of sp³-hybridized carbons (Fsp3) is 0.632. The molecule has 3 fully saturated rings. The van der Waals surface area contributed by atoms with Gasteiger partial charge in [-0.25, -0.2) is 23.2 Å². The lowest BCUT2D eigenvalue weighted by Crippen LogP contribution is -2.59. The van der Waals surface area contributed by atoms with E-state index >= 15 is 0 Å². The number of halogens is 3. The molecule has 15 nitrogen and oxygen atoms in total. The number of sulfonamides is 1. The highest BCUT2D eigenvalue weighted by molar-refractivity contribution is 7.91. The van der Waals surface area contributed by atoms with E-state index in [1.807, 2.05) is 13.0 Å². The minimum absolute atomic E-state index is 0.0321. The number of nitrogens with zero attached hydrogens (tertiary/aromatic N) is 3. The maximum Gasteiger partial charge on any atom is 0.427 e. The summed E-state index contributed by atoms with van der Waals surface area (Å²) < 4.78 is 85.6. The average molecular weight is 823 g/mol. The Morgan fingerprint density at radius 2 is 1.84 bits per heavy atom. The van der Waals surface area contributed by atoms with E-state index in [2.05, 4.69) is 25.3 Å². The van der Waals surface area contributed by atoms with Crippen molar-refractivity contribution in [2.45, 2.75) is 120 Å². The predicted molar refractivity (Wildman–Crippen MR) is 199 cm³/mol. The number of benzene rings is 1. The molecule has 57 heavy (non-hydrogen) atoms. The van der Waals surface area contributed by atoms with Crippen molar-refractivity contribution in [3.05, 3.63) is 36.7 Å². The van der Waals surface area contributed by atoms with Crippen LogP contribution in [0.5, 0.6) is 11.6 Å². The number of fused-ring (bicyclic) bond motifs is 3. The van der Waals surface area contributed by atoms with E-state index in [9.17, 15) is 40.8 Å². The molecule has 3 N–H and O–H groups in total. The maximum absolute atomic E-state index is 14.8. The number of nitrogens with one attached hydrogen (secondary N) is 3. The zero-order valence-electron chi connectivity index (χ0n) is 32.4. The zero-order valence-corrected chi connectivity index (χ0v) is 33.2. The Kier molecular flexibility index (Phi) is 11.7. The SMILES string of the molecule is CCC1CC(C)CCC=CC2CC2(C(=O)NS(=O)(=O)C2CC2)NC(=O)C2CC(Oc3ncnc4cc(OC)ccc34)CN2C(=O)C1NC(=O)OC(C)(C)C(F)(F)F. The molecule has 2 aliphatic carbocycles. The first kappa shape index (κ1) is 41.9. The molecule has 312 valence electrons. The molecule has 2 saturated carbocycles. The van der Waals surface area contributed by atoms with Crippen molar-refractivity contribution in [2.75, 3.05) is 13.7 Å². The van der Waals surface area contributed by atoms with Gasteiger partial charge in [-0.1, -0.05) is 32.4 Å². The van der Waals surface area contributed by atoms with Gasteiger partial charge in [0.05, 0.1) is 29.8 Å². The Balaban J connectivity index is 1.36. The number of methoxy groups -OCH3 is 1. The number of carbonyl (C=O) groups excluding carboxylic acids is 4. The van der Waals surface area contributed by atoms with Crippen molar-refractivity contribution < 1.29 is 55.0 Å². The second-order valence-electron chi connectivity index (χ2n) is 16.0. The summed E-state index contributed by atoms with van der Waals surface area (Å²) in [5.74, 6) is -2.92. The standard InChI is InChI=1S/C38H49F3N6O9S/c1-6-22-15-21(2)9-7-8-10-23-18-37(23,34(50)46-57(52,53)26-12-13-26)45-31(48)29-17-25(55-32-27-14-11-24(54-5)16-28(27)42-20-43-32)19-47(29)33(49)30(22)44-35(51)56-36(3,4)38(39,40)41/h8,10-11,14,16,20-23,25-26,29-30H,6-7,9,12-13,15,17-19H2,1-5H3,(H,44,51)(H,45,48)(H,46,50). The first-order valence-corrected chi connectivity index (χ1v) is 20.7. The van der Waals surface area contributed by atoms with Crippen LogP contribution in [0.25, 0.3) is 10.9 Å². The summed E-state index contributed by atoms with van der Waals surface area (Å²) in [6, 6.07) is 2.30. The molecule has 7 unspecified atom stereocenters. The molecule has 0 radical (unpaired) electrons. The zero-order chi connectivity index (χ0) is 41.5. The molecular weight excluding hydrogens is 774 g/mol. The Hall–Kier alpha value is -4.68. The topological polar surface area (TPSA) is 195 Å². The highest BCUT2D eigenvalue weighted by Crippen LogP contribution is 2.46. The highest BCUT2D eigenvalue weighted by atomic mass is 32.2. The smallest absolute Gasteiger partial charge is 0.427 e. The fourth-order valence-corrected chi connectivity index (χ4v) is 8.92. The molecule has 4 amide bonds. The van der Waals surface area contributed by atoms with Crippen molar-refractivity contribution in [3.63, 3.8) is 0 Å². The van der Waals surface area contributed by atoms with Gasteiger partial charge in [-0.3, -0.25) is 19.1 Å². The second kappa shape index (κ2) is 15.9. The minimum atomic E-state index is -4.91. The molecule has 3 heterocycles. The van der Waals surface area contributed by atoms with Gasteiger partial charge in [0.1, 0.15) is 35.8 Å². The molecule has 1 saturated heterocycles. The molecule has 0 bridgehead atoms. The van der Waals surface area contributed by atoms with Crippen LogP contribution in [0.1, 0.15) is 79.1 Å². The second-order valence-corrected chi connectivity index (χ2v) is 18.0. The number of carbonyl (C=O) groups is 4.